The van der Waals surface area contributed by atoms with Crippen LogP contribution in [-0.4, -0.2) is 22.6 Å². The summed E-state index contributed by atoms with van der Waals surface area (Å²) in [5, 5.41) is 12.1. The lowest BCUT2D eigenvalue weighted by atomic mass is 10.6. The van der Waals surface area contributed by atoms with E-state index in [4.69, 9.17) is 5.11 Å². The van der Waals surface area contributed by atoms with Gasteiger partial charge in [-0.25, -0.2) is 9.78 Å². The van der Waals surface area contributed by atoms with Gasteiger partial charge in [-0.3, -0.25) is 0 Å². The van der Waals surface area contributed by atoms with Gasteiger partial charge in [0.15, 0.2) is 5.13 Å². The van der Waals surface area contributed by atoms with Crippen LogP contribution in [0.15, 0.2) is 17.3 Å². The minimum Gasteiger partial charge on any atom is -0.477 e. The molecule has 2 N–H and O–H groups in total. The number of carbonyl (C=O) groups is 1. The van der Waals surface area contributed by atoms with Gasteiger partial charge in [-0.15, -0.1) is 0 Å². The molecule has 0 amide bonds. The molecule has 0 spiro atoms. The Kier molecular flexibility index (Phi) is 3.44. The fourth-order valence-electron chi connectivity index (χ4n) is 0.626. The van der Waals surface area contributed by atoms with Gasteiger partial charge in [0.1, 0.15) is 4.88 Å². The van der Waals surface area contributed by atoms with E-state index in [0.29, 0.717) is 11.7 Å². The number of thiazole rings is 1. The van der Waals surface area contributed by atoms with Crippen LogP contribution in [0.1, 0.15) is 9.67 Å². The van der Waals surface area contributed by atoms with Crippen molar-refractivity contribution in [1.82, 2.24) is 4.98 Å². The predicted molar refractivity (Wildman–Crippen MR) is 55.6 cm³/mol. The van der Waals surface area contributed by atoms with Gasteiger partial charge in [0.25, 0.3) is 0 Å². The Hall–Kier alpha value is -0.880. The molecule has 0 saturated heterocycles. The lowest BCUT2D eigenvalue weighted by Crippen LogP contribution is -1.99. The van der Waals surface area contributed by atoms with Crippen LogP contribution in [0.5, 0.6) is 0 Å². The molecule has 0 aliphatic carbocycles. The number of carboxylic acids is 1. The van der Waals surface area contributed by atoms with Gasteiger partial charge in [-0.05, 0) is 0 Å². The highest BCUT2D eigenvalue weighted by atomic mass is 79.9. The Morgan fingerprint density at radius 3 is 3.00 bits per heavy atom. The molecule has 0 bridgehead atoms. The summed E-state index contributed by atoms with van der Waals surface area (Å²) >= 11 is 4.27. The summed E-state index contributed by atoms with van der Waals surface area (Å²) in [6.45, 7) is 4.16. The zero-order chi connectivity index (χ0) is 9.84. The second kappa shape index (κ2) is 4.38. The van der Waals surface area contributed by atoms with Crippen LogP contribution < -0.4 is 5.32 Å². The molecule has 0 aliphatic rings. The molecule has 0 unspecified atom stereocenters. The van der Waals surface area contributed by atoms with E-state index >= 15 is 0 Å². The van der Waals surface area contributed by atoms with Crippen molar-refractivity contribution < 1.29 is 9.90 Å². The predicted octanol–water partition coefficient (Wildman–Crippen LogP) is 2.16. The fourth-order valence-corrected chi connectivity index (χ4v) is 1.42. The van der Waals surface area contributed by atoms with E-state index in [0.717, 1.165) is 15.8 Å². The molecule has 0 atom stereocenters. The SMILES string of the molecule is C=C(Br)CNc1ncc(C(=O)O)s1. The first-order valence-electron chi connectivity index (χ1n) is 3.36. The number of hydrogen-bond acceptors (Lipinski definition) is 4. The van der Waals surface area contributed by atoms with Crippen molar-refractivity contribution in [2.45, 2.75) is 0 Å². The number of halogens is 1. The quantitative estimate of drug-likeness (QED) is 0.873. The standard InChI is InChI=1S/C7H7BrN2O2S/c1-4(8)2-9-7-10-3-5(13-7)6(11)12/h3H,1-2H2,(H,9,10)(H,11,12). The third-order valence-electron chi connectivity index (χ3n) is 1.15. The number of nitrogens with zero attached hydrogens (tertiary/aromatic N) is 1. The molecule has 13 heavy (non-hydrogen) atoms. The van der Waals surface area contributed by atoms with Crippen molar-refractivity contribution in [1.29, 1.82) is 0 Å². The summed E-state index contributed by atoms with van der Waals surface area (Å²) in [6.07, 6.45) is 1.33. The number of carboxylic acid groups (broad SMARTS) is 1. The summed E-state index contributed by atoms with van der Waals surface area (Å²) in [5.41, 5.74) is 0. The van der Waals surface area contributed by atoms with Crippen molar-refractivity contribution in [2.24, 2.45) is 0 Å². The molecule has 0 radical (unpaired) electrons. The number of nitrogens with one attached hydrogen (secondary N) is 1. The first kappa shape index (κ1) is 10.2. The summed E-state index contributed by atoms with van der Waals surface area (Å²) in [4.78, 5) is 14.6. The Labute approximate surface area is 87.4 Å². The number of hydrogen-bond donors (Lipinski definition) is 2. The Morgan fingerprint density at radius 2 is 2.54 bits per heavy atom. The van der Waals surface area contributed by atoms with Gasteiger partial charge >= 0.3 is 5.97 Å². The topological polar surface area (TPSA) is 62.2 Å². The minimum absolute atomic E-state index is 0.225. The average molecular weight is 263 g/mol. The van der Waals surface area contributed by atoms with Crippen LogP contribution in [0, 0.1) is 0 Å². The van der Waals surface area contributed by atoms with Crippen molar-refractivity contribution in [3.63, 3.8) is 0 Å². The monoisotopic (exact) mass is 262 g/mol. The average Bonchev–Trinajstić information content (AvgIpc) is 2.48. The van der Waals surface area contributed by atoms with E-state index in [1.807, 2.05) is 0 Å². The van der Waals surface area contributed by atoms with Gasteiger partial charge in [0, 0.05) is 11.0 Å². The van der Waals surface area contributed by atoms with Crippen LogP contribution in [0.25, 0.3) is 0 Å². The molecule has 6 heteroatoms. The van der Waals surface area contributed by atoms with E-state index in [9.17, 15) is 4.79 Å². The molecule has 0 aliphatic heterocycles. The van der Waals surface area contributed by atoms with Crippen molar-refractivity contribution >= 4 is 38.4 Å². The molecular weight excluding hydrogens is 256 g/mol. The van der Waals surface area contributed by atoms with Crippen LogP contribution in [0.4, 0.5) is 5.13 Å². The van der Waals surface area contributed by atoms with E-state index in [-0.39, 0.29) is 4.88 Å². The van der Waals surface area contributed by atoms with Crippen molar-refractivity contribution in [3.8, 4) is 0 Å². The van der Waals surface area contributed by atoms with Crippen molar-refractivity contribution in [2.75, 3.05) is 11.9 Å². The number of aromatic nitrogens is 1. The Morgan fingerprint density at radius 1 is 1.85 bits per heavy atom. The summed E-state index contributed by atoms with van der Waals surface area (Å²) < 4.78 is 0.791. The highest BCUT2D eigenvalue weighted by Crippen LogP contribution is 2.18. The van der Waals surface area contributed by atoms with Gasteiger partial charge < -0.3 is 10.4 Å². The highest BCUT2D eigenvalue weighted by Gasteiger charge is 2.07. The van der Waals surface area contributed by atoms with Gasteiger partial charge in [-0.1, -0.05) is 33.8 Å². The third kappa shape index (κ3) is 3.16. The van der Waals surface area contributed by atoms with Crippen LogP contribution in [0.3, 0.4) is 0 Å². The second-order valence-corrected chi connectivity index (χ2v) is 4.36. The number of rotatable bonds is 4. The van der Waals surface area contributed by atoms with E-state index in [1.165, 1.54) is 6.20 Å². The summed E-state index contributed by atoms with van der Waals surface area (Å²) in [6, 6.07) is 0. The van der Waals surface area contributed by atoms with Crippen molar-refractivity contribution in [3.05, 3.63) is 22.1 Å². The van der Waals surface area contributed by atoms with Gasteiger partial charge in [0.05, 0.1) is 6.20 Å². The summed E-state index contributed by atoms with van der Waals surface area (Å²) in [5.74, 6) is -0.955. The molecule has 1 aromatic heterocycles. The Balaban J connectivity index is 2.59. The minimum atomic E-state index is -0.955. The van der Waals surface area contributed by atoms with E-state index in [1.54, 1.807) is 0 Å². The fraction of sp³-hybridized carbons (Fsp3) is 0.143. The lowest BCUT2D eigenvalue weighted by molar-refractivity contribution is 0.0702. The van der Waals surface area contributed by atoms with Crippen LogP contribution in [0.2, 0.25) is 0 Å². The highest BCUT2D eigenvalue weighted by molar-refractivity contribution is 9.11. The maximum absolute atomic E-state index is 10.5. The third-order valence-corrected chi connectivity index (χ3v) is 2.37. The summed E-state index contributed by atoms with van der Waals surface area (Å²) in [7, 11) is 0. The van der Waals surface area contributed by atoms with Crippen LogP contribution >= 0.6 is 27.3 Å². The molecule has 1 rings (SSSR count). The zero-order valence-corrected chi connectivity index (χ0v) is 8.98. The van der Waals surface area contributed by atoms with Crippen LogP contribution in [-0.2, 0) is 0 Å². The van der Waals surface area contributed by atoms with Gasteiger partial charge in [-0.2, -0.15) is 0 Å². The number of anilines is 1. The second-order valence-electron chi connectivity index (χ2n) is 2.21. The Bertz CT molecular complexity index is 337. The van der Waals surface area contributed by atoms with E-state index in [2.05, 4.69) is 32.8 Å². The number of aromatic carboxylic acids is 1. The molecule has 0 fully saturated rings. The van der Waals surface area contributed by atoms with Gasteiger partial charge in [0.2, 0.25) is 0 Å². The zero-order valence-electron chi connectivity index (χ0n) is 6.58. The normalized spacial score (nSPS) is 9.62. The molecule has 0 saturated carbocycles. The molecule has 70 valence electrons. The molecule has 4 nitrogen and oxygen atoms in total. The smallest absolute Gasteiger partial charge is 0.347 e. The molecule has 1 aromatic rings. The maximum Gasteiger partial charge on any atom is 0.347 e. The first-order valence-corrected chi connectivity index (χ1v) is 4.97. The molecule has 1 heterocycles. The van der Waals surface area contributed by atoms with E-state index < -0.39 is 5.97 Å². The molecule has 0 aromatic carbocycles. The largest absolute Gasteiger partial charge is 0.477 e. The maximum atomic E-state index is 10.5. The first-order chi connectivity index (χ1) is 6.09. The molecular formula is C7H7BrN2O2S. The lowest BCUT2D eigenvalue weighted by Gasteiger charge is -1.97.